The largest absolute Gasteiger partial charge is 0.398 e. The SMILES string of the molecule is CCNC(=O)c1ccc(CN2C(C)CCCC2C)c(N)c1. The predicted molar refractivity (Wildman–Crippen MR) is 87.2 cm³/mol. The molecule has 1 aliphatic heterocycles. The van der Waals surface area contributed by atoms with E-state index in [1.807, 2.05) is 19.1 Å². The van der Waals surface area contributed by atoms with Gasteiger partial charge in [0.1, 0.15) is 0 Å². The lowest BCUT2D eigenvalue weighted by molar-refractivity contribution is 0.0947. The van der Waals surface area contributed by atoms with Crippen LogP contribution in [-0.4, -0.2) is 29.4 Å². The second kappa shape index (κ2) is 6.94. The molecule has 1 amide bonds. The second-order valence-electron chi connectivity index (χ2n) is 6.07. The molecule has 4 nitrogen and oxygen atoms in total. The fraction of sp³-hybridized carbons (Fsp3) is 0.588. The van der Waals surface area contributed by atoms with Crippen molar-refractivity contribution in [2.45, 2.75) is 58.7 Å². The minimum absolute atomic E-state index is 0.0598. The minimum Gasteiger partial charge on any atom is -0.398 e. The number of hydrogen-bond donors (Lipinski definition) is 2. The summed E-state index contributed by atoms with van der Waals surface area (Å²) in [6, 6.07) is 6.84. The van der Waals surface area contributed by atoms with Gasteiger partial charge in [-0.2, -0.15) is 0 Å². The number of nitrogen functional groups attached to an aromatic ring is 1. The van der Waals surface area contributed by atoms with Gasteiger partial charge in [0, 0.05) is 36.4 Å². The molecule has 2 rings (SSSR count). The molecule has 1 aromatic carbocycles. The molecule has 0 radical (unpaired) electrons. The van der Waals surface area contributed by atoms with Crippen LogP contribution in [0.5, 0.6) is 0 Å². The number of amides is 1. The van der Waals surface area contributed by atoms with Crippen molar-refractivity contribution >= 4 is 11.6 Å². The van der Waals surface area contributed by atoms with Gasteiger partial charge in [0.2, 0.25) is 0 Å². The summed E-state index contributed by atoms with van der Waals surface area (Å²) in [6.45, 7) is 7.98. The Morgan fingerprint density at radius 1 is 1.33 bits per heavy atom. The Morgan fingerprint density at radius 2 is 2.00 bits per heavy atom. The summed E-state index contributed by atoms with van der Waals surface area (Å²) in [6.07, 6.45) is 3.81. The van der Waals surface area contributed by atoms with Crippen LogP contribution < -0.4 is 11.1 Å². The van der Waals surface area contributed by atoms with Gasteiger partial charge in [-0.1, -0.05) is 12.5 Å². The summed E-state index contributed by atoms with van der Waals surface area (Å²) < 4.78 is 0. The van der Waals surface area contributed by atoms with Crippen molar-refractivity contribution in [3.63, 3.8) is 0 Å². The number of hydrogen-bond acceptors (Lipinski definition) is 3. The first-order chi connectivity index (χ1) is 10.0. The molecule has 0 aliphatic carbocycles. The summed E-state index contributed by atoms with van der Waals surface area (Å²) in [5.74, 6) is -0.0598. The second-order valence-corrected chi connectivity index (χ2v) is 6.07. The molecule has 1 aliphatic rings. The molecule has 1 fully saturated rings. The van der Waals surface area contributed by atoms with Crippen molar-refractivity contribution in [2.75, 3.05) is 12.3 Å². The quantitative estimate of drug-likeness (QED) is 0.838. The third-order valence-electron chi connectivity index (χ3n) is 4.47. The van der Waals surface area contributed by atoms with Gasteiger partial charge in [-0.25, -0.2) is 0 Å². The van der Waals surface area contributed by atoms with E-state index in [-0.39, 0.29) is 5.91 Å². The van der Waals surface area contributed by atoms with Gasteiger partial charge in [0.05, 0.1) is 0 Å². The Hall–Kier alpha value is -1.55. The van der Waals surface area contributed by atoms with Crippen LogP contribution in [0.2, 0.25) is 0 Å². The highest BCUT2D eigenvalue weighted by atomic mass is 16.1. The molecule has 0 spiro atoms. The zero-order valence-electron chi connectivity index (χ0n) is 13.4. The highest BCUT2D eigenvalue weighted by Gasteiger charge is 2.25. The monoisotopic (exact) mass is 289 g/mol. The van der Waals surface area contributed by atoms with Crippen molar-refractivity contribution in [1.29, 1.82) is 0 Å². The maximum atomic E-state index is 11.8. The van der Waals surface area contributed by atoms with Gasteiger partial charge < -0.3 is 11.1 Å². The Labute approximate surface area is 127 Å². The van der Waals surface area contributed by atoms with Crippen molar-refractivity contribution in [2.24, 2.45) is 0 Å². The standard InChI is InChI=1S/C17H27N3O/c1-4-19-17(21)14-8-9-15(16(18)10-14)11-20-12(2)6-5-7-13(20)3/h8-10,12-13H,4-7,11,18H2,1-3H3,(H,19,21). The van der Waals surface area contributed by atoms with E-state index in [9.17, 15) is 4.79 Å². The number of likely N-dealkylation sites (tertiary alicyclic amines) is 1. The Morgan fingerprint density at radius 3 is 2.57 bits per heavy atom. The summed E-state index contributed by atoms with van der Waals surface area (Å²) >= 11 is 0. The fourth-order valence-electron chi connectivity index (χ4n) is 3.13. The molecule has 4 heteroatoms. The summed E-state index contributed by atoms with van der Waals surface area (Å²) in [5.41, 5.74) is 8.62. The van der Waals surface area contributed by atoms with Crippen LogP contribution in [0.3, 0.4) is 0 Å². The van der Waals surface area contributed by atoms with Gasteiger partial charge in [0.15, 0.2) is 0 Å². The topological polar surface area (TPSA) is 58.4 Å². The first-order valence-electron chi connectivity index (χ1n) is 7.95. The average molecular weight is 289 g/mol. The van der Waals surface area contributed by atoms with Crippen molar-refractivity contribution in [3.05, 3.63) is 29.3 Å². The summed E-state index contributed by atoms with van der Waals surface area (Å²) in [7, 11) is 0. The predicted octanol–water partition coefficient (Wildman–Crippen LogP) is 2.78. The number of piperidine rings is 1. The van der Waals surface area contributed by atoms with E-state index >= 15 is 0 Å². The van der Waals surface area contributed by atoms with E-state index in [0.717, 1.165) is 12.1 Å². The summed E-state index contributed by atoms with van der Waals surface area (Å²) in [4.78, 5) is 14.3. The first-order valence-corrected chi connectivity index (χ1v) is 7.95. The lowest BCUT2D eigenvalue weighted by Crippen LogP contribution is -2.43. The zero-order valence-corrected chi connectivity index (χ0v) is 13.4. The maximum Gasteiger partial charge on any atom is 0.251 e. The molecule has 2 atom stereocenters. The van der Waals surface area contributed by atoms with Crippen LogP contribution in [-0.2, 0) is 6.54 Å². The summed E-state index contributed by atoms with van der Waals surface area (Å²) in [5, 5.41) is 2.80. The molecule has 0 bridgehead atoms. The highest BCUT2D eigenvalue weighted by Crippen LogP contribution is 2.26. The number of nitrogens with two attached hydrogens (primary N) is 1. The molecule has 0 aromatic heterocycles. The van der Waals surface area contributed by atoms with Crippen LogP contribution >= 0.6 is 0 Å². The molecule has 2 unspecified atom stereocenters. The van der Waals surface area contributed by atoms with E-state index in [4.69, 9.17) is 5.73 Å². The van der Waals surface area contributed by atoms with E-state index in [0.29, 0.717) is 29.9 Å². The number of carbonyl (C=O) groups excluding carboxylic acids is 1. The van der Waals surface area contributed by atoms with Crippen molar-refractivity contribution in [3.8, 4) is 0 Å². The van der Waals surface area contributed by atoms with E-state index in [2.05, 4.69) is 24.1 Å². The lowest BCUT2D eigenvalue weighted by Gasteiger charge is -2.39. The number of rotatable bonds is 4. The normalized spacial score (nSPS) is 23.0. The molecule has 1 aromatic rings. The Balaban J connectivity index is 2.12. The van der Waals surface area contributed by atoms with Crippen LogP contribution in [0.25, 0.3) is 0 Å². The molecular formula is C17H27N3O. The molecule has 0 saturated carbocycles. The van der Waals surface area contributed by atoms with Gasteiger partial charge in [-0.15, -0.1) is 0 Å². The van der Waals surface area contributed by atoms with Crippen LogP contribution in [0.15, 0.2) is 18.2 Å². The number of nitrogens with one attached hydrogen (secondary N) is 1. The van der Waals surface area contributed by atoms with Crippen LogP contribution in [0.1, 0.15) is 56.0 Å². The maximum absolute atomic E-state index is 11.8. The number of anilines is 1. The Bertz CT molecular complexity index is 491. The van der Waals surface area contributed by atoms with E-state index in [1.54, 1.807) is 6.07 Å². The Kier molecular flexibility index (Phi) is 5.23. The first kappa shape index (κ1) is 15.8. The third kappa shape index (κ3) is 3.76. The van der Waals surface area contributed by atoms with Crippen LogP contribution in [0.4, 0.5) is 5.69 Å². The molecule has 1 saturated heterocycles. The third-order valence-corrected chi connectivity index (χ3v) is 4.47. The van der Waals surface area contributed by atoms with Gasteiger partial charge >= 0.3 is 0 Å². The fourth-order valence-corrected chi connectivity index (χ4v) is 3.13. The van der Waals surface area contributed by atoms with Gasteiger partial charge in [-0.3, -0.25) is 9.69 Å². The van der Waals surface area contributed by atoms with Crippen molar-refractivity contribution < 1.29 is 4.79 Å². The number of nitrogens with zero attached hydrogens (tertiary/aromatic N) is 1. The zero-order chi connectivity index (χ0) is 15.4. The smallest absolute Gasteiger partial charge is 0.251 e. The van der Waals surface area contributed by atoms with E-state index in [1.165, 1.54) is 19.3 Å². The van der Waals surface area contributed by atoms with Gasteiger partial charge in [-0.05, 0) is 51.3 Å². The van der Waals surface area contributed by atoms with Gasteiger partial charge in [0.25, 0.3) is 5.91 Å². The minimum atomic E-state index is -0.0598. The average Bonchev–Trinajstić information content (AvgIpc) is 2.44. The molecular weight excluding hydrogens is 262 g/mol. The van der Waals surface area contributed by atoms with Crippen LogP contribution in [0, 0.1) is 0 Å². The van der Waals surface area contributed by atoms with E-state index < -0.39 is 0 Å². The highest BCUT2D eigenvalue weighted by molar-refractivity contribution is 5.95. The molecule has 116 valence electrons. The molecule has 3 N–H and O–H groups in total. The molecule has 21 heavy (non-hydrogen) atoms. The number of carbonyl (C=O) groups is 1. The molecule has 1 heterocycles. The van der Waals surface area contributed by atoms with Crippen molar-refractivity contribution in [1.82, 2.24) is 10.2 Å². The lowest BCUT2D eigenvalue weighted by atomic mass is 9.96. The number of benzene rings is 1.